The Morgan fingerprint density at radius 2 is 1.34 bits per heavy atom. The van der Waals surface area contributed by atoms with Gasteiger partial charge >= 0.3 is 7.60 Å². The molecule has 0 aliphatic carbocycles. The molecule has 0 aromatic rings. The van der Waals surface area contributed by atoms with Crippen molar-refractivity contribution in [3.63, 3.8) is 0 Å². The van der Waals surface area contributed by atoms with Gasteiger partial charge in [-0.2, -0.15) is 0 Å². The predicted molar refractivity (Wildman–Crippen MR) is 130 cm³/mol. The highest BCUT2D eigenvalue weighted by molar-refractivity contribution is 7.52. The molecule has 0 amide bonds. The van der Waals surface area contributed by atoms with Gasteiger partial charge in [-0.1, -0.05) is 96.8 Å². The van der Waals surface area contributed by atoms with Crippen LogP contribution in [0.25, 0.3) is 0 Å². The predicted octanol–water partition coefficient (Wildman–Crippen LogP) is 4.81. The summed E-state index contributed by atoms with van der Waals surface area (Å²) in [5, 5.41) is 1.81. The molecule has 3 N–H and O–H groups in total. The maximum absolute atomic E-state index is 11.8. The van der Waals surface area contributed by atoms with Crippen LogP contribution in [0.2, 0.25) is 0 Å². The van der Waals surface area contributed by atoms with Gasteiger partial charge in [0.25, 0.3) is 6.47 Å². The Hall–Kier alpha value is -0.460. The van der Waals surface area contributed by atoms with E-state index in [1.165, 1.54) is 83.5 Å². The van der Waals surface area contributed by atoms with Crippen LogP contribution in [0.1, 0.15) is 103 Å². The molecule has 0 rings (SSSR count). The highest BCUT2D eigenvalue weighted by atomic mass is 31.2. The van der Waals surface area contributed by atoms with E-state index in [9.17, 15) is 14.3 Å². The minimum Gasteiger partial charge on any atom is -0.460 e. The van der Waals surface area contributed by atoms with Crippen LogP contribution in [0.3, 0.4) is 0 Å². The number of ether oxygens (including phenoxy) is 2. The van der Waals surface area contributed by atoms with Crippen molar-refractivity contribution in [3.05, 3.63) is 0 Å². The Morgan fingerprint density at radius 1 is 0.844 bits per heavy atom. The molecule has 0 radical (unpaired) electrons. The molecule has 0 aliphatic heterocycles. The minimum atomic E-state index is -3.65. The number of unbranched alkanes of at least 4 members (excludes halogenated alkanes) is 14. The van der Waals surface area contributed by atoms with E-state index in [4.69, 9.17) is 14.0 Å². The number of hydrogen-bond donors (Lipinski definition) is 2. The lowest BCUT2D eigenvalue weighted by Crippen LogP contribution is -2.80. The summed E-state index contributed by atoms with van der Waals surface area (Å²) in [5.74, 6) is 0. The quantitative estimate of drug-likeness (QED) is 0.105. The van der Waals surface area contributed by atoms with Gasteiger partial charge in [-0.15, -0.1) is 0 Å². The van der Waals surface area contributed by atoms with Crippen LogP contribution < -0.4 is 5.32 Å². The Balaban J connectivity index is 3.49. The summed E-state index contributed by atoms with van der Waals surface area (Å²) in [6.45, 7) is 3.74. The molecule has 0 aromatic heterocycles. The van der Waals surface area contributed by atoms with Crippen molar-refractivity contribution in [1.82, 2.24) is 0 Å². The first-order valence-corrected chi connectivity index (χ1v) is 14.7. The van der Waals surface area contributed by atoms with Crippen molar-refractivity contribution >= 4 is 14.1 Å². The monoisotopic (exact) mass is 480 g/mol. The van der Waals surface area contributed by atoms with E-state index in [1.807, 2.05) is 12.4 Å². The molecular weight excluding hydrogens is 429 g/mol. The standard InChI is InChI=1S/C24H50NO6P/c1-3-4-5-6-7-8-9-10-11-12-13-14-15-16-17-19-29-21-24(30-23-26)22-31-32(27,28)20-18-25-2/h23-25H,3-22H2,1-2H3,(H,27,28)/p+1. The fourth-order valence-electron chi connectivity index (χ4n) is 3.55. The van der Waals surface area contributed by atoms with Gasteiger partial charge in [-0.3, -0.25) is 9.36 Å². The van der Waals surface area contributed by atoms with Crippen LogP contribution in [0.4, 0.5) is 0 Å². The zero-order chi connectivity index (χ0) is 23.8. The molecule has 0 heterocycles. The maximum Gasteiger partial charge on any atom is 0.333 e. The van der Waals surface area contributed by atoms with Crippen LogP contribution in [-0.2, 0) is 23.4 Å². The summed E-state index contributed by atoms with van der Waals surface area (Å²) in [6, 6.07) is 0. The fraction of sp³-hybridized carbons (Fsp3) is 0.958. The molecule has 2 atom stereocenters. The molecule has 32 heavy (non-hydrogen) atoms. The van der Waals surface area contributed by atoms with Gasteiger partial charge in [0.2, 0.25) is 0 Å². The lowest BCUT2D eigenvalue weighted by atomic mass is 10.0. The Labute approximate surface area is 196 Å². The van der Waals surface area contributed by atoms with Crippen LogP contribution in [-0.4, -0.2) is 57.0 Å². The second kappa shape index (κ2) is 23.7. The zero-order valence-corrected chi connectivity index (χ0v) is 21.7. The highest BCUT2D eigenvalue weighted by Gasteiger charge is 2.22. The Kier molecular flexibility index (Phi) is 23.3. The van der Waals surface area contributed by atoms with Crippen molar-refractivity contribution in [2.24, 2.45) is 0 Å². The van der Waals surface area contributed by atoms with Crippen molar-refractivity contribution in [1.29, 1.82) is 0 Å². The van der Waals surface area contributed by atoms with E-state index < -0.39 is 13.7 Å². The lowest BCUT2D eigenvalue weighted by Gasteiger charge is -2.18. The van der Waals surface area contributed by atoms with Gasteiger partial charge in [0.05, 0.1) is 33.0 Å². The number of quaternary nitrogens is 1. The van der Waals surface area contributed by atoms with Crippen molar-refractivity contribution in [2.45, 2.75) is 109 Å². The molecule has 0 aromatic carbocycles. The third-order valence-corrected chi connectivity index (χ3v) is 6.98. The number of nitrogens with two attached hydrogens (primary N) is 1. The molecule has 0 spiro atoms. The van der Waals surface area contributed by atoms with Crippen molar-refractivity contribution in [3.8, 4) is 0 Å². The maximum atomic E-state index is 11.8. The molecule has 192 valence electrons. The van der Waals surface area contributed by atoms with Crippen molar-refractivity contribution in [2.75, 3.05) is 39.6 Å². The molecule has 2 unspecified atom stereocenters. The van der Waals surface area contributed by atoms with E-state index in [0.717, 1.165) is 12.8 Å². The second-order valence-electron chi connectivity index (χ2n) is 8.73. The number of rotatable bonds is 26. The summed E-state index contributed by atoms with van der Waals surface area (Å²) >= 11 is 0. The number of carbonyl (C=O) groups excluding carboxylic acids is 1. The molecular formula is C24H51NO6P+. The van der Waals surface area contributed by atoms with Crippen LogP contribution >= 0.6 is 7.60 Å². The van der Waals surface area contributed by atoms with Crippen molar-refractivity contribution < 1.29 is 33.6 Å². The average Bonchev–Trinajstić information content (AvgIpc) is 2.78. The summed E-state index contributed by atoms with van der Waals surface area (Å²) in [7, 11) is -1.82. The third kappa shape index (κ3) is 22.7. The lowest BCUT2D eigenvalue weighted by molar-refractivity contribution is -0.622. The molecule has 8 heteroatoms. The highest BCUT2D eigenvalue weighted by Crippen LogP contribution is 2.40. The van der Waals surface area contributed by atoms with Crippen LogP contribution in [0, 0.1) is 0 Å². The van der Waals surface area contributed by atoms with E-state index in [1.54, 1.807) is 0 Å². The smallest absolute Gasteiger partial charge is 0.333 e. The second-order valence-corrected chi connectivity index (χ2v) is 10.7. The third-order valence-electron chi connectivity index (χ3n) is 5.61. The number of carbonyl (C=O) groups is 1. The topological polar surface area (TPSA) is 98.7 Å². The van der Waals surface area contributed by atoms with E-state index >= 15 is 0 Å². The molecule has 0 bridgehead atoms. The van der Waals surface area contributed by atoms with Gasteiger partial charge in [0.1, 0.15) is 6.10 Å². The van der Waals surface area contributed by atoms with Crippen LogP contribution in [0.5, 0.6) is 0 Å². The Morgan fingerprint density at radius 3 is 1.81 bits per heavy atom. The average molecular weight is 481 g/mol. The molecule has 0 saturated heterocycles. The summed E-state index contributed by atoms with van der Waals surface area (Å²) in [6.07, 6.45) is 19.2. The SMILES string of the molecule is CCCCCCCCCCCCCCCCCOCC(COP(=O)(O)CC[NH2+]C)OC=O. The zero-order valence-electron chi connectivity index (χ0n) is 20.8. The molecule has 0 saturated carbocycles. The first-order valence-electron chi connectivity index (χ1n) is 13.0. The van der Waals surface area contributed by atoms with Gasteiger partial charge < -0.3 is 24.2 Å². The first-order chi connectivity index (χ1) is 15.6. The number of hydrogen-bond acceptors (Lipinski definition) is 5. The summed E-state index contributed by atoms with van der Waals surface area (Å²) < 4.78 is 27.4. The first kappa shape index (κ1) is 31.5. The van der Waals surface area contributed by atoms with E-state index in [-0.39, 0.29) is 19.4 Å². The van der Waals surface area contributed by atoms with Crippen LogP contribution in [0.15, 0.2) is 0 Å². The normalized spacial score (nSPS) is 14.2. The van der Waals surface area contributed by atoms with Gasteiger partial charge in [-0.05, 0) is 6.42 Å². The molecule has 0 aliphatic rings. The summed E-state index contributed by atoms with van der Waals surface area (Å²) in [5.41, 5.74) is 0. The molecule has 0 fully saturated rings. The Bertz CT molecular complexity index is 452. The minimum absolute atomic E-state index is 0.0668. The van der Waals surface area contributed by atoms with Gasteiger partial charge in [0.15, 0.2) is 0 Å². The largest absolute Gasteiger partial charge is 0.460 e. The van der Waals surface area contributed by atoms with E-state index in [0.29, 0.717) is 19.6 Å². The van der Waals surface area contributed by atoms with Gasteiger partial charge in [-0.25, -0.2) is 0 Å². The summed E-state index contributed by atoms with van der Waals surface area (Å²) in [4.78, 5) is 20.3. The molecule has 7 nitrogen and oxygen atoms in total. The van der Waals surface area contributed by atoms with Gasteiger partial charge in [0, 0.05) is 6.61 Å². The fourth-order valence-corrected chi connectivity index (χ4v) is 4.66. The van der Waals surface area contributed by atoms with E-state index in [2.05, 4.69) is 6.92 Å².